The van der Waals surface area contributed by atoms with Crippen molar-refractivity contribution in [3.8, 4) is 0 Å². The largest absolute Gasteiger partial charge is 0.399 e. The van der Waals surface area contributed by atoms with Crippen molar-refractivity contribution < 1.29 is 4.39 Å². The van der Waals surface area contributed by atoms with Gasteiger partial charge in [-0.25, -0.2) is 4.39 Å². The van der Waals surface area contributed by atoms with Crippen LogP contribution in [0.5, 0.6) is 0 Å². The van der Waals surface area contributed by atoms with Crippen LogP contribution in [-0.2, 0) is 0 Å². The van der Waals surface area contributed by atoms with Crippen molar-refractivity contribution in [2.45, 2.75) is 33.2 Å². The average Bonchev–Trinajstić information content (AvgIpc) is 2.71. The molecule has 1 aliphatic rings. The van der Waals surface area contributed by atoms with E-state index in [0.29, 0.717) is 16.8 Å². The van der Waals surface area contributed by atoms with Crippen LogP contribution >= 0.6 is 0 Å². The zero-order valence-corrected chi connectivity index (χ0v) is 17.1. The Bertz CT molecular complexity index is 1100. The van der Waals surface area contributed by atoms with Crippen LogP contribution in [0.25, 0.3) is 16.5 Å². The maximum Gasteiger partial charge on any atom is 0.131 e. The molecule has 3 aromatic rings. The van der Waals surface area contributed by atoms with Crippen LogP contribution in [0, 0.1) is 19.7 Å². The number of nitrogens with zero attached hydrogens (tertiary/aromatic N) is 1. The summed E-state index contributed by atoms with van der Waals surface area (Å²) in [7, 11) is 0. The minimum absolute atomic E-state index is 0.213. The second kappa shape index (κ2) is 7.84. The maximum atomic E-state index is 14.7. The first-order valence-electron chi connectivity index (χ1n) is 10.1. The molecule has 2 aromatic carbocycles. The third-order valence-electron chi connectivity index (χ3n) is 5.51. The summed E-state index contributed by atoms with van der Waals surface area (Å²) in [5.74, 6) is -0.213. The van der Waals surface area contributed by atoms with E-state index in [9.17, 15) is 4.39 Å². The van der Waals surface area contributed by atoms with E-state index >= 15 is 0 Å². The van der Waals surface area contributed by atoms with Crippen molar-refractivity contribution in [3.05, 3.63) is 70.7 Å². The zero-order valence-electron chi connectivity index (χ0n) is 17.1. The second-order valence-corrected chi connectivity index (χ2v) is 7.83. The number of halogens is 1. The number of fused-ring (bicyclic) bond motifs is 1. The molecule has 2 heterocycles. The minimum atomic E-state index is -0.232. The van der Waals surface area contributed by atoms with Crippen LogP contribution in [0.1, 0.15) is 41.8 Å². The molecule has 0 radical (unpaired) electrons. The van der Waals surface area contributed by atoms with Gasteiger partial charge in [0.05, 0.1) is 11.6 Å². The van der Waals surface area contributed by atoms with Crippen molar-refractivity contribution in [2.75, 3.05) is 24.1 Å². The quantitative estimate of drug-likeness (QED) is 0.541. The molecule has 4 N–H and O–H groups in total. The fraction of sp³-hybridized carbons (Fsp3) is 0.292. The summed E-state index contributed by atoms with van der Waals surface area (Å²) < 4.78 is 14.7. The summed E-state index contributed by atoms with van der Waals surface area (Å²) in [5, 5.41) is 7.89. The predicted octanol–water partition coefficient (Wildman–Crippen LogP) is 5.12. The van der Waals surface area contributed by atoms with Crippen molar-refractivity contribution in [3.63, 3.8) is 0 Å². The molecule has 150 valence electrons. The molecule has 0 spiro atoms. The smallest absolute Gasteiger partial charge is 0.131 e. The lowest BCUT2D eigenvalue weighted by Crippen LogP contribution is -2.20. The monoisotopic (exact) mass is 390 g/mol. The first-order chi connectivity index (χ1) is 13.9. The van der Waals surface area contributed by atoms with Gasteiger partial charge in [0.15, 0.2) is 0 Å². The molecule has 4 nitrogen and oxygen atoms in total. The number of nitrogen functional groups attached to an aromatic ring is 1. The van der Waals surface area contributed by atoms with Crippen LogP contribution in [0.2, 0.25) is 0 Å². The SMILES string of the molecule is Cc1cc(N[C@H](C)c2cc(N)cc(C)c2F)c2cc(C3=CCNCC3)ccc2n1. The van der Waals surface area contributed by atoms with E-state index in [1.807, 2.05) is 19.9 Å². The number of benzene rings is 2. The standard InChI is InChI=1S/C24H27FN4/c1-14-10-19(26)13-20(24(14)25)16(3)29-23-11-15(2)28-22-5-4-18(12-21(22)23)17-6-8-27-9-7-17/h4-6,10-13,16,27H,7-9,26H2,1-3H3,(H,28,29)/t16-/m1/s1. The summed E-state index contributed by atoms with van der Waals surface area (Å²) in [6.45, 7) is 7.57. The lowest BCUT2D eigenvalue weighted by Gasteiger charge is -2.20. The Morgan fingerprint density at radius 3 is 2.76 bits per heavy atom. The van der Waals surface area contributed by atoms with Crippen molar-refractivity contribution in [1.82, 2.24) is 10.3 Å². The molecule has 4 rings (SSSR count). The number of nitrogens with one attached hydrogen (secondary N) is 2. The molecule has 1 atom stereocenters. The number of nitrogens with two attached hydrogens (primary N) is 1. The van der Waals surface area contributed by atoms with Crippen LogP contribution in [0.15, 0.2) is 42.5 Å². The maximum absolute atomic E-state index is 14.7. The highest BCUT2D eigenvalue weighted by atomic mass is 19.1. The number of rotatable bonds is 4. The van der Waals surface area contributed by atoms with Crippen LogP contribution in [-0.4, -0.2) is 18.1 Å². The number of aryl methyl sites for hydroxylation is 2. The Kier molecular flexibility index (Phi) is 5.24. The highest BCUT2D eigenvalue weighted by molar-refractivity contribution is 5.94. The van der Waals surface area contributed by atoms with E-state index in [4.69, 9.17) is 5.73 Å². The normalized spacial score (nSPS) is 15.2. The van der Waals surface area contributed by atoms with Crippen molar-refractivity contribution >= 4 is 27.9 Å². The van der Waals surface area contributed by atoms with E-state index < -0.39 is 0 Å². The Balaban J connectivity index is 1.75. The number of hydrogen-bond acceptors (Lipinski definition) is 4. The number of hydrogen-bond donors (Lipinski definition) is 3. The van der Waals surface area contributed by atoms with Gasteiger partial charge >= 0.3 is 0 Å². The Morgan fingerprint density at radius 1 is 1.17 bits per heavy atom. The molecule has 1 aromatic heterocycles. The minimum Gasteiger partial charge on any atom is -0.399 e. The van der Waals surface area contributed by atoms with Gasteiger partial charge in [0.1, 0.15) is 5.82 Å². The highest BCUT2D eigenvalue weighted by Gasteiger charge is 2.16. The van der Waals surface area contributed by atoms with Gasteiger partial charge in [0.25, 0.3) is 0 Å². The first-order valence-corrected chi connectivity index (χ1v) is 10.1. The molecular weight excluding hydrogens is 363 g/mol. The van der Waals surface area contributed by atoms with Crippen molar-refractivity contribution in [1.29, 1.82) is 0 Å². The van der Waals surface area contributed by atoms with E-state index in [1.54, 1.807) is 19.1 Å². The summed E-state index contributed by atoms with van der Waals surface area (Å²) >= 11 is 0. The second-order valence-electron chi connectivity index (χ2n) is 7.83. The number of pyridine rings is 1. The van der Waals surface area contributed by atoms with Gasteiger partial charge in [-0.05, 0) is 80.8 Å². The Hall–Kier alpha value is -2.92. The summed E-state index contributed by atoms with van der Waals surface area (Å²) in [6.07, 6.45) is 3.25. The fourth-order valence-electron chi connectivity index (χ4n) is 4.01. The third kappa shape index (κ3) is 3.96. The topological polar surface area (TPSA) is 63.0 Å². The van der Waals surface area contributed by atoms with E-state index in [2.05, 4.69) is 39.9 Å². The molecule has 0 saturated carbocycles. The van der Waals surface area contributed by atoms with E-state index in [-0.39, 0.29) is 11.9 Å². The fourth-order valence-corrected chi connectivity index (χ4v) is 4.01. The summed E-state index contributed by atoms with van der Waals surface area (Å²) in [5.41, 5.74) is 13.0. The Morgan fingerprint density at radius 2 is 2.00 bits per heavy atom. The van der Waals surface area contributed by atoms with Gasteiger partial charge < -0.3 is 16.4 Å². The lowest BCUT2D eigenvalue weighted by atomic mass is 9.97. The number of anilines is 2. The van der Waals surface area contributed by atoms with Gasteiger partial charge in [0, 0.05) is 34.6 Å². The molecule has 0 saturated heterocycles. The summed E-state index contributed by atoms with van der Waals surface area (Å²) in [6, 6.07) is 11.6. The van der Waals surface area contributed by atoms with Crippen LogP contribution < -0.4 is 16.4 Å². The molecule has 0 aliphatic carbocycles. The van der Waals surface area contributed by atoms with Gasteiger partial charge in [-0.2, -0.15) is 0 Å². The lowest BCUT2D eigenvalue weighted by molar-refractivity contribution is 0.592. The highest BCUT2D eigenvalue weighted by Crippen LogP contribution is 2.32. The zero-order chi connectivity index (χ0) is 20.5. The molecule has 1 aliphatic heterocycles. The van der Waals surface area contributed by atoms with Gasteiger partial charge in [-0.1, -0.05) is 12.1 Å². The van der Waals surface area contributed by atoms with E-state index in [0.717, 1.165) is 41.8 Å². The van der Waals surface area contributed by atoms with E-state index in [1.165, 1.54) is 11.1 Å². The molecule has 0 unspecified atom stereocenters. The van der Waals surface area contributed by atoms with Crippen molar-refractivity contribution in [2.24, 2.45) is 0 Å². The Labute approximate surface area is 171 Å². The number of aromatic nitrogens is 1. The molecule has 0 amide bonds. The summed E-state index contributed by atoms with van der Waals surface area (Å²) in [4.78, 5) is 4.68. The van der Waals surface area contributed by atoms with Gasteiger partial charge in [0.2, 0.25) is 0 Å². The molecule has 29 heavy (non-hydrogen) atoms. The molecule has 0 fully saturated rings. The molecule has 0 bridgehead atoms. The predicted molar refractivity (Wildman–Crippen MR) is 120 cm³/mol. The molecular formula is C24H27FN4. The van der Waals surface area contributed by atoms with Crippen LogP contribution in [0.3, 0.4) is 0 Å². The average molecular weight is 391 g/mol. The first kappa shape index (κ1) is 19.4. The third-order valence-corrected chi connectivity index (χ3v) is 5.51. The van der Waals surface area contributed by atoms with Gasteiger partial charge in [-0.15, -0.1) is 0 Å². The van der Waals surface area contributed by atoms with Gasteiger partial charge in [-0.3, -0.25) is 4.98 Å². The van der Waals surface area contributed by atoms with Crippen LogP contribution in [0.4, 0.5) is 15.8 Å². The molecule has 5 heteroatoms.